The third-order valence-electron chi connectivity index (χ3n) is 4.89. The minimum atomic E-state index is 0. The van der Waals surface area contributed by atoms with Gasteiger partial charge in [0.1, 0.15) is 0 Å². The highest BCUT2D eigenvalue weighted by atomic mass is 35.5. The molecule has 3 nitrogen and oxygen atoms in total. The molecule has 1 aliphatic heterocycles. The summed E-state index contributed by atoms with van der Waals surface area (Å²) in [6.07, 6.45) is 7.90. The summed E-state index contributed by atoms with van der Waals surface area (Å²) < 4.78 is 0. The zero-order valence-electron chi connectivity index (χ0n) is 14.6. The van der Waals surface area contributed by atoms with Crippen molar-refractivity contribution in [1.82, 2.24) is 5.32 Å². The standard InChI is InChI=1S/C9H19N.C8H18N2.CH4.ClH/c1-9(2)5-3-8(7-9)4-6-10;1-8(2)5-7(3-4-9)6-10-8;;/h8H,3-7,10H2,1-2H3;7,10H,3-6,9H2,1-2H3;1H4;1H. The molecule has 0 amide bonds. The van der Waals surface area contributed by atoms with Gasteiger partial charge in [-0.05, 0) is 89.3 Å². The van der Waals surface area contributed by atoms with Gasteiger partial charge in [-0.25, -0.2) is 0 Å². The molecule has 0 radical (unpaired) electrons. The number of hydrogen-bond acceptors (Lipinski definition) is 3. The predicted molar refractivity (Wildman–Crippen MR) is 103 cm³/mol. The molecule has 0 aromatic heterocycles. The van der Waals surface area contributed by atoms with Crippen LogP contribution in [-0.4, -0.2) is 25.2 Å². The Hall–Kier alpha value is 0.170. The summed E-state index contributed by atoms with van der Waals surface area (Å²) in [7, 11) is 0. The van der Waals surface area contributed by atoms with Crippen LogP contribution in [0.5, 0.6) is 0 Å². The molecule has 1 saturated carbocycles. The van der Waals surface area contributed by atoms with E-state index >= 15 is 0 Å². The van der Waals surface area contributed by atoms with Gasteiger partial charge in [-0.2, -0.15) is 0 Å². The van der Waals surface area contributed by atoms with Gasteiger partial charge in [0.2, 0.25) is 0 Å². The van der Waals surface area contributed by atoms with Gasteiger partial charge in [0, 0.05) is 5.54 Å². The van der Waals surface area contributed by atoms with Crippen LogP contribution in [-0.2, 0) is 0 Å². The monoisotopic (exact) mass is 335 g/mol. The third kappa shape index (κ3) is 9.34. The lowest BCUT2D eigenvalue weighted by Crippen LogP contribution is -2.31. The van der Waals surface area contributed by atoms with Gasteiger partial charge in [-0.3, -0.25) is 0 Å². The molecule has 2 atom stereocenters. The normalized spacial score (nSPS) is 28.1. The fourth-order valence-electron chi connectivity index (χ4n) is 3.79. The van der Waals surface area contributed by atoms with Crippen LogP contribution in [0.15, 0.2) is 0 Å². The molecule has 0 spiro atoms. The largest absolute Gasteiger partial charge is 0.330 e. The highest BCUT2D eigenvalue weighted by Crippen LogP contribution is 2.41. The van der Waals surface area contributed by atoms with Gasteiger partial charge in [0.05, 0.1) is 0 Å². The summed E-state index contributed by atoms with van der Waals surface area (Å²) in [5.74, 6) is 1.75. The second-order valence-corrected chi connectivity index (χ2v) is 8.26. The van der Waals surface area contributed by atoms with E-state index in [2.05, 4.69) is 33.0 Å². The van der Waals surface area contributed by atoms with Crippen molar-refractivity contribution >= 4 is 12.4 Å². The van der Waals surface area contributed by atoms with Crippen LogP contribution < -0.4 is 16.8 Å². The van der Waals surface area contributed by atoms with Gasteiger partial charge in [-0.15, -0.1) is 12.4 Å². The molecule has 22 heavy (non-hydrogen) atoms. The van der Waals surface area contributed by atoms with Crippen molar-refractivity contribution in [1.29, 1.82) is 0 Å². The van der Waals surface area contributed by atoms with Gasteiger partial charge in [0.15, 0.2) is 0 Å². The van der Waals surface area contributed by atoms with Crippen molar-refractivity contribution in [2.75, 3.05) is 19.6 Å². The molecule has 5 N–H and O–H groups in total. The molecule has 0 aromatic carbocycles. The molecule has 1 saturated heterocycles. The van der Waals surface area contributed by atoms with Gasteiger partial charge >= 0.3 is 0 Å². The van der Waals surface area contributed by atoms with Crippen LogP contribution in [0.2, 0.25) is 0 Å². The SMILES string of the molecule is C.CC1(C)CC(CCN)CN1.CC1(C)CCC(CCN)C1.Cl. The quantitative estimate of drug-likeness (QED) is 0.729. The van der Waals surface area contributed by atoms with E-state index in [9.17, 15) is 0 Å². The lowest BCUT2D eigenvalue weighted by Gasteiger charge is -2.16. The maximum atomic E-state index is 5.50. The number of rotatable bonds is 4. The van der Waals surface area contributed by atoms with E-state index in [0.29, 0.717) is 11.0 Å². The second-order valence-electron chi connectivity index (χ2n) is 8.26. The van der Waals surface area contributed by atoms with Crippen molar-refractivity contribution in [2.24, 2.45) is 28.7 Å². The van der Waals surface area contributed by atoms with Gasteiger partial charge in [0.25, 0.3) is 0 Å². The third-order valence-corrected chi connectivity index (χ3v) is 4.89. The minimum absolute atomic E-state index is 0. The Morgan fingerprint density at radius 3 is 1.86 bits per heavy atom. The number of hydrogen-bond donors (Lipinski definition) is 3. The van der Waals surface area contributed by atoms with Crippen molar-refractivity contribution in [3.8, 4) is 0 Å². The summed E-state index contributed by atoms with van der Waals surface area (Å²) >= 11 is 0. The highest BCUT2D eigenvalue weighted by Gasteiger charge is 2.30. The maximum absolute atomic E-state index is 5.50. The first-order chi connectivity index (χ1) is 9.28. The Balaban J connectivity index is 0. The summed E-state index contributed by atoms with van der Waals surface area (Å²) in [4.78, 5) is 0. The van der Waals surface area contributed by atoms with Gasteiger partial charge < -0.3 is 16.8 Å². The van der Waals surface area contributed by atoms with E-state index in [4.69, 9.17) is 11.5 Å². The summed E-state index contributed by atoms with van der Waals surface area (Å²) in [6.45, 7) is 12.1. The van der Waals surface area contributed by atoms with Crippen LogP contribution in [0.4, 0.5) is 0 Å². The second kappa shape index (κ2) is 10.9. The predicted octanol–water partition coefficient (Wildman–Crippen LogP) is 3.94. The molecule has 0 bridgehead atoms. The van der Waals surface area contributed by atoms with Crippen molar-refractivity contribution in [3.63, 3.8) is 0 Å². The van der Waals surface area contributed by atoms with E-state index in [0.717, 1.165) is 31.5 Å². The lowest BCUT2D eigenvalue weighted by atomic mass is 9.90. The van der Waals surface area contributed by atoms with Crippen LogP contribution in [0.1, 0.15) is 73.6 Å². The van der Waals surface area contributed by atoms with E-state index in [-0.39, 0.29) is 19.8 Å². The number of nitrogens with two attached hydrogens (primary N) is 2. The topological polar surface area (TPSA) is 64.1 Å². The van der Waals surface area contributed by atoms with Crippen LogP contribution in [0.25, 0.3) is 0 Å². The average Bonchev–Trinajstić information content (AvgIpc) is 2.84. The fraction of sp³-hybridized carbons (Fsp3) is 1.00. The molecule has 136 valence electrons. The molecule has 2 unspecified atom stereocenters. The Bertz CT molecular complexity index is 252. The lowest BCUT2D eigenvalue weighted by molar-refractivity contribution is 0.355. The van der Waals surface area contributed by atoms with Crippen LogP contribution in [0.3, 0.4) is 0 Å². The molecule has 2 aliphatic rings. The first-order valence-corrected chi connectivity index (χ1v) is 8.43. The van der Waals surface area contributed by atoms with Crippen molar-refractivity contribution < 1.29 is 0 Å². The van der Waals surface area contributed by atoms with Crippen molar-refractivity contribution in [3.05, 3.63) is 0 Å². The summed E-state index contributed by atoms with van der Waals surface area (Å²) in [6, 6.07) is 0. The summed E-state index contributed by atoms with van der Waals surface area (Å²) in [5.41, 5.74) is 11.9. The van der Waals surface area contributed by atoms with Gasteiger partial charge in [-0.1, -0.05) is 21.3 Å². The smallest absolute Gasteiger partial charge is 0.0128 e. The molecular weight excluding hydrogens is 294 g/mol. The first kappa shape index (κ1) is 24.4. The summed E-state index contributed by atoms with van der Waals surface area (Å²) in [5, 5.41) is 3.48. The van der Waals surface area contributed by atoms with E-state index in [1.54, 1.807) is 0 Å². The van der Waals surface area contributed by atoms with Crippen molar-refractivity contribution in [2.45, 2.75) is 79.2 Å². The molecule has 0 aromatic rings. The van der Waals surface area contributed by atoms with E-state index < -0.39 is 0 Å². The molecular formula is C18H42ClN3. The zero-order chi connectivity index (χ0) is 15.2. The average molecular weight is 336 g/mol. The highest BCUT2D eigenvalue weighted by molar-refractivity contribution is 5.85. The maximum Gasteiger partial charge on any atom is 0.0128 e. The number of nitrogens with one attached hydrogen (secondary N) is 1. The minimum Gasteiger partial charge on any atom is -0.330 e. The Kier molecular flexibility index (Phi) is 12.0. The molecule has 2 rings (SSSR count). The Morgan fingerprint density at radius 1 is 0.955 bits per heavy atom. The molecule has 4 heteroatoms. The molecule has 1 heterocycles. The van der Waals surface area contributed by atoms with E-state index in [1.807, 2.05) is 0 Å². The zero-order valence-corrected chi connectivity index (χ0v) is 15.4. The van der Waals surface area contributed by atoms with E-state index in [1.165, 1.54) is 38.5 Å². The van der Waals surface area contributed by atoms with Crippen LogP contribution >= 0.6 is 12.4 Å². The number of halogens is 1. The van der Waals surface area contributed by atoms with Crippen LogP contribution in [0, 0.1) is 17.3 Å². The Labute approximate surface area is 145 Å². The Morgan fingerprint density at radius 2 is 1.50 bits per heavy atom. The fourth-order valence-corrected chi connectivity index (χ4v) is 3.79. The first-order valence-electron chi connectivity index (χ1n) is 8.43. The molecule has 2 fully saturated rings. The molecule has 1 aliphatic carbocycles.